The summed E-state index contributed by atoms with van der Waals surface area (Å²) in [6, 6.07) is 10.7. The number of halogens is 3. The van der Waals surface area contributed by atoms with Gasteiger partial charge < -0.3 is 15.5 Å². The largest absolute Gasteiger partial charge is 0.434 e. The SMILES string of the molecule is CN=C(NCc1nc(C(F)(F)F)cs1)NCC(C)N1CCN(c2ccccc2)CC1. The molecule has 1 aromatic heterocycles. The van der Waals surface area contributed by atoms with Crippen molar-refractivity contribution in [3.8, 4) is 0 Å². The van der Waals surface area contributed by atoms with Crippen LogP contribution in [0.4, 0.5) is 18.9 Å². The van der Waals surface area contributed by atoms with Crippen molar-refractivity contribution < 1.29 is 13.2 Å². The van der Waals surface area contributed by atoms with Crippen molar-refractivity contribution >= 4 is 23.0 Å². The molecule has 0 amide bonds. The summed E-state index contributed by atoms with van der Waals surface area (Å²) in [4.78, 5) is 12.6. The minimum absolute atomic E-state index is 0.199. The van der Waals surface area contributed by atoms with Gasteiger partial charge in [-0.3, -0.25) is 9.89 Å². The van der Waals surface area contributed by atoms with Gasteiger partial charge in [0.1, 0.15) is 5.01 Å². The van der Waals surface area contributed by atoms with E-state index in [4.69, 9.17) is 0 Å². The molecule has 1 aliphatic rings. The Balaban J connectivity index is 1.41. The first kappa shape index (κ1) is 22.4. The van der Waals surface area contributed by atoms with Gasteiger partial charge in [0.2, 0.25) is 0 Å². The molecule has 2 aromatic rings. The monoisotopic (exact) mass is 440 g/mol. The highest BCUT2D eigenvalue weighted by Gasteiger charge is 2.33. The number of guanidine groups is 1. The number of alkyl halides is 3. The van der Waals surface area contributed by atoms with Crippen LogP contribution in [0, 0.1) is 0 Å². The van der Waals surface area contributed by atoms with E-state index in [2.05, 4.69) is 61.6 Å². The molecule has 10 heteroatoms. The van der Waals surface area contributed by atoms with Crippen LogP contribution in [0.3, 0.4) is 0 Å². The van der Waals surface area contributed by atoms with Gasteiger partial charge in [0.15, 0.2) is 11.7 Å². The molecule has 1 unspecified atom stereocenters. The van der Waals surface area contributed by atoms with Crippen molar-refractivity contribution in [3.05, 3.63) is 46.4 Å². The molecule has 0 radical (unpaired) electrons. The second kappa shape index (κ2) is 10.1. The second-order valence-electron chi connectivity index (χ2n) is 7.14. The van der Waals surface area contributed by atoms with E-state index in [1.165, 1.54) is 5.69 Å². The first-order chi connectivity index (χ1) is 14.4. The second-order valence-corrected chi connectivity index (χ2v) is 8.08. The number of rotatable bonds is 6. The Morgan fingerprint density at radius 2 is 1.87 bits per heavy atom. The average molecular weight is 441 g/mol. The third-order valence-electron chi connectivity index (χ3n) is 5.10. The van der Waals surface area contributed by atoms with Crippen LogP contribution in [0.15, 0.2) is 40.7 Å². The van der Waals surface area contributed by atoms with Gasteiger partial charge in [-0.05, 0) is 19.1 Å². The standard InChI is InChI=1S/C20H27F3N6S/c1-15(28-8-10-29(11-9-28)16-6-4-3-5-7-16)12-25-19(24-2)26-13-18-27-17(14-30-18)20(21,22)23/h3-7,14-15H,8-13H2,1-2H3,(H2,24,25,26). The molecule has 1 aliphatic heterocycles. The van der Waals surface area contributed by atoms with E-state index in [-0.39, 0.29) is 6.54 Å². The van der Waals surface area contributed by atoms with Crippen LogP contribution in [0.2, 0.25) is 0 Å². The van der Waals surface area contributed by atoms with Gasteiger partial charge in [-0.1, -0.05) is 18.2 Å². The normalized spacial score (nSPS) is 17.1. The quantitative estimate of drug-likeness (QED) is 0.534. The van der Waals surface area contributed by atoms with E-state index in [1.54, 1.807) is 7.05 Å². The Morgan fingerprint density at radius 1 is 1.17 bits per heavy atom. The average Bonchev–Trinajstić information content (AvgIpc) is 3.24. The van der Waals surface area contributed by atoms with Crippen molar-refractivity contribution in [3.63, 3.8) is 0 Å². The summed E-state index contributed by atoms with van der Waals surface area (Å²) in [6.45, 7) is 6.96. The smallest absolute Gasteiger partial charge is 0.369 e. The summed E-state index contributed by atoms with van der Waals surface area (Å²) in [5, 5.41) is 7.69. The van der Waals surface area contributed by atoms with E-state index in [0.29, 0.717) is 23.6 Å². The Kier molecular flexibility index (Phi) is 7.54. The number of aromatic nitrogens is 1. The number of aliphatic imine (C=N–C) groups is 1. The number of benzene rings is 1. The third-order valence-corrected chi connectivity index (χ3v) is 5.95. The number of thiazole rings is 1. The van der Waals surface area contributed by atoms with Gasteiger partial charge in [0.25, 0.3) is 0 Å². The number of nitrogens with zero attached hydrogens (tertiary/aromatic N) is 4. The van der Waals surface area contributed by atoms with Gasteiger partial charge in [-0.2, -0.15) is 13.2 Å². The minimum Gasteiger partial charge on any atom is -0.369 e. The van der Waals surface area contributed by atoms with E-state index < -0.39 is 11.9 Å². The molecular formula is C20H27F3N6S. The first-order valence-electron chi connectivity index (χ1n) is 9.87. The van der Waals surface area contributed by atoms with Gasteiger partial charge >= 0.3 is 6.18 Å². The molecule has 1 atom stereocenters. The summed E-state index contributed by atoms with van der Waals surface area (Å²) in [6.07, 6.45) is -4.41. The van der Waals surface area contributed by atoms with Crippen molar-refractivity contribution in [2.75, 3.05) is 44.7 Å². The maximum absolute atomic E-state index is 12.7. The molecule has 0 spiro atoms. The zero-order valence-electron chi connectivity index (χ0n) is 17.1. The van der Waals surface area contributed by atoms with E-state index >= 15 is 0 Å². The maximum atomic E-state index is 12.7. The fraction of sp³-hybridized carbons (Fsp3) is 0.500. The molecule has 6 nitrogen and oxygen atoms in total. The highest BCUT2D eigenvalue weighted by molar-refractivity contribution is 7.09. The Bertz CT molecular complexity index is 815. The van der Waals surface area contributed by atoms with E-state index in [0.717, 1.165) is 42.9 Å². The number of nitrogens with one attached hydrogen (secondary N) is 2. The maximum Gasteiger partial charge on any atom is 0.434 e. The van der Waals surface area contributed by atoms with Gasteiger partial charge in [0, 0.05) is 56.9 Å². The zero-order chi connectivity index (χ0) is 21.6. The zero-order valence-corrected chi connectivity index (χ0v) is 17.9. The summed E-state index contributed by atoms with van der Waals surface area (Å²) in [5.74, 6) is 0.550. The Hall–Kier alpha value is -2.33. The first-order valence-corrected chi connectivity index (χ1v) is 10.7. The fourth-order valence-electron chi connectivity index (χ4n) is 3.34. The number of hydrogen-bond donors (Lipinski definition) is 2. The molecule has 1 aromatic carbocycles. The lowest BCUT2D eigenvalue weighted by molar-refractivity contribution is -0.140. The van der Waals surface area contributed by atoms with Gasteiger partial charge in [0.05, 0.1) is 6.54 Å². The lowest BCUT2D eigenvalue weighted by Crippen LogP contribution is -2.53. The summed E-state index contributed by atoms with van der Waals surface area (Å²) >= 11 is 0.985. The van der Waals surface area contributed by atoms with Crippen molar-refractivity contribution in [1.82, 2.24) is 20.5 Å². The predicted molar refractivity (Wildman–Crippen MR) is 115 cm³/mol. The van der Waals surface area contributed by atoms with Crippen LogP contribution in [-0.4, -0.2) is 61.7 Å². The Labute approximate surface area is 178 Å². The molecule has 3 rings (SSSR count). The van der Waals surface area contributed by atoms with Crippen molar-refractivity contribution in [2.45, 2.75) is 25.7 Å². The van der Waals surface area contributed by atoms with Crippen molar-refractivity contribution in [2.24, 2.45) is 4.99 Å². The van der Waals surface area contributed by atoms with Gasteiger partial charge in [-0.15, -0.1) is 11.3 Å². The van der Waals surface area contributed by atoms with Crippen molar-refractivity contribution in [1.29, 1.82) is 0 Å². The van der Waals surface area contributed by atoms with Gasteiger partial charge in [-0.25, -0.2) is 4.98 Å². The summed E-state index contributed by atoms with van der Waals surface area (Å²) in [5.41, 5.74) is 0.402. The molecule has 2 heterocycles. The highest BCUT2D eigenvalue weighted by Crippen LogP contribution is 2.29. The molecule has 0 aliphatic carbocycles. The van der Waals surface area contributed by atoms with Crippen LogP contribution in [0.25, 0.3) is 0 Å². The lowest BCUT2D eigenvalue weighted by atomic mass is 10.2. The number of para-hydroxylation sites is 1. The molecule has 1 fully saturated rings. The topological polar surface area (TPSA) is 55.8 Å². The number of anilines is 1. The number of piperazine rings is 1. The minimum atomic E-state index is -4.41. The molecular weight excluding hydrogens is 413 g/mol. The lowest BCUT2D eigenvalue weighted by Gasteiger charge is -2.39. The Morgan fingerprint density at radius 3 is 2.47 bits per heavy atom. The van der Waals surface area contributed by atoms with E-state index in [9.17, 15) is 13.2 Å². The summed E-state index contributed by atoms with van der Waals surface area (Å²) < 4.78 is 38.0. The molecule has 2 N–H and O–H groups in total. The third kappa shape index (κ3) is 6.09. The number of hydrogen-bond acceptors (Lipinski definition) is 5. The fourth-order valence-corrected chi connectivity index (χ4v) is 4.08. The molecule has 0 saturated carbocycles. The molecule has 1 saturated heterocycles. The van der Waals surface area contributed by atoms with Crippen LogP contribution in [0.1, 0.15) is 17.6 Å². The molecule has 0 bridgehead atoms. The van der Waals surface area contributed by atoms with Crippen LogP contribution in [-0.2, 0) is 12.7 Å². The highest BCUT2D eigenvalue weighted by atomic mass is 32.1. The molecule has 30 heavy (non-hydrogen) atoms. The van der Waals surface area contributed by atoms with E-state index in [1.807, 2.05) is 6.07 Å². The van der Waals surface area contributed by atoms with Crippen LogP contribution >= 0.6 is 11.3 Å². The van der Waals surface area contributed by atoms with Crippen LogP contribution in [0.5, 0.6) is 0 Å². The van der Waals surface area contributed by atoms with Crippen LogP contribution < -0.4 is 15.5 Å². The molecule has 164 valence electrons. The predicted octanol–water partition coefficient (Wildman–Crippen LogP) is 3.04. The summed E-state index contributed by atoms with van der Waals surface area (Å²) in [7, 11) is 1.64.